The highest BCUT2D eigenvalue weighted by molar-refractivity contribution is 5.76. The lowest BCUT2D eigenvalue weighted by molar-refractivity contribution is -0.195. The molecule has 0 radical (unpaired) electrons. The second-order valence-corrected chi connectivity index (χ2v) is 3.54. The molecule has 0 amide bonds. The summed E-state index contributed by atoms with van der Waals surface area (Å²) in [7, 11) is 1.47. The van der Waals surface area contributed by atoms with Gasteiger partial charge in [0.25, 0.3) is 0 Å². The Labute approximate surface area is 91.2 Å². The SMILES string of the molecule is COC1C=C(OC(=O)C(F)(F)F)CCCC1. The molecule has 0 aliphatic heterocycles. The van der Waals surface area contributed by atoms with Crippen molar-refractivity contribution in [1.82, 2.24) is 0 Å². The lowest BCUT2D eigenvalue weighted by Gasteiger charge is -2.11. The van der Waals surface area contributed by atoms with Crippen molar-refractivity contribution in [3.63, 3.8) is 0 Å². The molecule has 3 nitrogen and oxygen atoms in total. The number of carbonyl (C=O) groups excluding carboxylic acids is 1. The Bertz CT molecular complexity index is 284. The first-order chi connectivity index (χ1) is 7.43. The zero-order valence-electron chi connectivity index (χ0n) is 8.84. The van der Waals surface area contributed by atoms with Crippen molar-refractivity contribution < 1.29 is 27.4 Å². The standard InChI is InChI=1S/C10H13F3O3/c1-15-7-4-2-3-5-8(6-7)16-9(14)10(11,12)13/h6-7H,2-5H2,1H3. The van der Waals surface area contributed by atoms with Crippen LogP contribution in [0.5, 0.6) is 0 Å². The van der Waals surface area contributed by atoms with E-state index in [2.05, 4.69) is 4.74 Å². The molecule has 0 saturated heterocycles. The topological polar surface area (TPSA) is 35.5 Å². The summed E-state index contributed by atoms with van der Waals surface area (Å²) in [5.41, 5.74) is 0. The van der Waals surface area contributed by atoms with Crippen molar-refractivity contribution in [3.8, 4) is 0 Å². The van der Waals surface area contributed by atoms with Crippen molar-refractivity contribution >= 4 is 5.97 Å². The number of allylic oxidation sites excluding steroid dienone is 1. The lowest BCUT2D eigenvalue weighted by atomic mass is 10.2. The molecule has 1 atom stereocenters. The van der Waals surface area contributed by atoms with Crippen molar-refractivity contribution in [2.45, 2.75) is 38.0 Å². The second kappa shape index (κ2) is 5.34. The molecule has 1 unspecified atom stereocenters. The third-order valence-electron chi connectivity index (χ3n) is 2.29. The number of esters is 1. The summed E-state index contributed by atoms with van der Waals surface area (Å²) in [5, 5.41) is 0. The Kier molecular flexibility index (Phi) is 4.35. The molecule has 0 N–H and O–H groups in total. The first kappa shape index (κ1) is 13.0. The number of halogens is 3. The molecule has 16 heavy (non-hydrogen) atoms. The van der Waals surface area contributed by atoms with Crippen LogP contribution >= 0.6 is 0 Å². The molecule has 0 fully saturated rings. The Morgan fingerprint density at radius 3 is 2.69 bits per heavy atom. The first-order valence-corrected chi connectivity index (χ1v) is 4.96. The van der Waals surface area contributed by atoms with Gasteiger partial charge in [-0.1, -0.05) is 6.42 Å². The third-order valence-corrected chi connectivity index (χ3v) is 2.29. The van der Waals surface area contributed by atoms with E-state index in [0.29, 0.717) is 12.8 Å². The van der Waals surface area contributed by atoms with E-state index in [1.807, 2.05) is 0 Å². The van der Waals surface area contributed by atoms with Crippen LogP contribution in [0.4, 0.5) is 13.2 Å². The van der Waals surface area contributed by atoms with Crippen LogP contribution in [0.1, 0.15) is 25.7 Å². The third kappa shape index (κ3) is 3.84. The van der Waals surface area contributed by atoms with Crippen LogP contribution in [-0.2, 0) is 14.3 Å². The number of carbonyl (C=O) groups is 1. The number of alkyl halides is 3. The molecule has 0 spiro atoms. The van der Waals surface area contributed by atoms with E-state index in [0.717, 1.165) is 12.8 Å². The van der Waals surface area contributed by atoms with Gasteiger partial charge in [-0.15, -0.1) is 0 Å². The number of ether oxygens (including phenoxy) is 2. The molecule has 92 valence electrons. The second-order valence-electron chi connectivity index (χ2n) is 3.54. The zero-order valence-corrected chi connectivity index (χ0v) is 8.84. The van der Waals surface area contributed by atoms with Crippen molar-refractivity contribution in [2.24, 2.45) is 0 Å². The van der Waals surface area contributed by atoms with Crippen LogP contribution in [-0.4, -0.2) is 25.4 Å². The van der Waals surface area contributed by atoms with E-state index < -0.39 is 12.1 Å². The fourth-order valence-corrected chi connectivity index (χ4v) is 1.47. The summed E-state index contributed by atoms with van der Waals surface area (Å²) in [5.74, 6) is -2.12. The number of hydrogen-bond acceptors (Lipinski definition) is 3. The molecule has 6 heteroatoms. The molecule has 1 rings (SSSR count). The molecular weight excluding hydrogens is 225 g/mol. The Morgan fingerprint density at radius 2 is 2.12 bits per heavy atom. The predicted molar refractivity (Wildman–Crippen MR) is 49.5 cm³/mol. The number of hydrogen-bond donors (Lipinski definition) is 0. The zero-order chi connectivity index (χ0) is 12.2. The van der Waals surface area contributed by atoms with Gasteiger partial charge in [0, 0.05) is 13.5 Å². The summed E-state index contributed by atoms with van der Waals surface area (Å²) in [6.45, 7) is 0. The van der Waals surface area contributed by atoms with Gasteiger partial charge in [-0.25, -0.2) is 4.79 Å². The molecule has 0 bridgehead atoms. The van der Waals surface area contributed by atoms with Gasteiger partial charge >= 0.3 is 12.1 Å². The molecule has 0 aromatic carbocycles. The summed E-state index contributed by atoms with van der Waals surface area (Å²) in [6, 6.07) is 0. The van der Waals surface area contributed by atoms with Gasteiger partial charge in [0.1, 0.15) is 5.76 Å². The summed E-state index contributed by atoms with van der Waals surface area (Å²) in [6.07, 6.45) is -1.20. The summed E-state index contributed by atoms with van der Waals surface area (Å²) < 4.78 is 45.2. The lowest BCUT2D eigenvalue weighted by Crippen LogP contribution is -2.25. The van der Waals surface area contributed by atoms with Gasteiger partial charge in [0.05, 0.1) is 6.10 Å². The van der Waals surface area contributed by atoms with Gasteiger partial charge in [0.15, 0.2) is 0 Å². The van der Waals surface area contributed by atoms with Crippen LogP contribution in [0, 0.1) is 0 Å². The van der Waals surface area contributed by atoms with Crippen molar-refractivity contribution in [3.05, 3.63) is 11.8 Å². The molecule has 1 aliphatic carbocycles. The normalized spacial score (nSPS) is 22.2. The molecule has 0 saturated carbocycles. The molecule has 0 aromatic heterocycles. The van der Waals surface area contributed by atoms with Crippen LogP contribution in [0.15, 0.2) is 11.8 Å². The summed E-state index contributed by atoms with van der Waals surface area (Å²) in [4.78, 5) is 10.6. The molecule has 0 heterocycles. The van der Waals surface area contributed by atoms with E-state index in [1.54, 1.807) is 0 Å². The monoisotopic (exact) mass is 238 g/mol. The smallest absolute Gasteiger partial charge is 0.425 e. The maximum atomic E-state index is 12.0. The minimum Gasteiger partial charge on any atom is -0.425 e. The summed E-state index contributed by atoms with van der Waals surface area (Å²) >= 11 is 0. The fourth-order valence-electron chi connectivity index (χ4n) is 1.47. The highest BCUT2D eigenvalue weighted by Crippen LogP contribution is 2.24. The quantitative estimate of drug-likeness (QED) is 0.693. The van der Waals surface area contributed by atoms with E-state index >= 15 is 0 Å². The Morgan fingerprint density at radius 1 is 1.44 bits per heavy atom. The van der Waals surface area contributed by atoms with Gasteiger partial charge < -0.3 is 9.47 Å². The van der Waals surface area contributed by atoms with Gasteiger partial charge in [-0.05, 0) is 18.9 Å². The molecular formula is C10H13F3O3. The van der Waals surface area contributed by atoms with Crippen molar-refractivity contribution in [2.75, 3.05) is 7.11 Å². The fraction of sp³-hybridized carbons (Fsp3) is 0.700. The largest absolute Gasteiger partial charge is 0.491 e. The average Bonchev–Trinajstić information content (AvgIpc) is 2.41. The average molecular weight is 238 g/mol. The van der Waals surface area contributed by atoms with Crippen LogP contribution in [0.2, 0.25) is 0 Å². The molecule has 1 aliphatic rings. The van der Waals surface area contributed by atoms with E-state index in [4.69, 9.17) is 4.74 Å². The molecule has 0 aromatic rings. The van der Waals surface area contributed by atoms with Crippen molar-refractivity contribution in [1.29, 1.82) is 0 Å². The van der Waals surface area contributed by atoms with E-state index in [1.165, 1.54) is 13.2 Å². The number of methoxy groups -OCH3 is 1. The number of rotatable bonds is 2. The first-order valence-electron chi connectivity index (χ1n) is 4.96. The van der Waals surface area contributed by atoms with E-state index in [-0.39, 0.29) is 11.9 Å². The Balaban J connectivity index is 2.64. The van der Waals surface area contributed by atoms with Gasteiger partial charge in [-0.3, -0.25) is 0 Å². The van der Waals surface area contributed by atoms with Crippen LogP contribution in [0.25, 0.3) is 0 Å². The minimum absolute atomic E-state index is 0.0478. The van der Waals surface area contributed by atoms with E-state index in [9.17, 15) is 18.0 Å². The maximum Gasteiger partial charge on any atom is 0.491 e. The maximum absolute atomic E-state index is 12.0. The predicted octanol–water partition coefficient (Wildman–Crippen LogP) is 2.56. The van der Waals surface area contributed by atoms with Crippen LogP contribution < -0.4 is 0 Å². The Hall–Kier alpha value is -1.04. The van der Waals surface area contributed by atoms with Gasteiger partial charge in [-0.2, -0.15) is 13.2 Å². The highest BCUT2D eigenvalue weighted by atomic mass is 19.4. The van der Waals surface area contributed by atoms with Gasteiger partial charge in [0.2, 0.25) is 0 Å². The van der Waals surface area contributed by atoms with Crippen LogP contribution in [0.3, 0.4) is 0 Å². The highest BCUT2D eigenvalue weighted by Gasteiger charge is 2.41. The minimum atomic E-state index is -4.95.